The fraction of sp³-hybridized carbons (Fsp3) is 0.667. The standard InChI is InChI=1S/C30H45ClO10/c1-12-16(3)27(34)40-22(15-24(38-19(6)32)29(8,9)37-11)18(5)21-14-23(31)30(10,36)26(39-20(7)33)25(21)41-28(35)17(4)13-2/h12-13,21-26,36H,5,14-15H2,1-4,6-11H3/b16-12-,17-13-/t21-,22-,23+,24-,25+,26+,30-/m0/s1. The molecule has 1 aliphatic carbocycles. The first-order chi connectivity index (χ1) is 18.8. The zero-order valence-corrected chi connectivity index (χ0v) is 26.5. The van der Waals surface area contributed by atoms with E-state index in [2.05, 4.69) is 6.58 Å². The minimum atomic E-state index is -1.79. The van der Waals surface area contributed by atoms with E-state index in [-0.39, 0.29) is 24.0 Å². The summed E-state index contributed by atoms with van der Waals surface area (Å²) < 4.78 is 28.3. The van der Waals surface area contributed by atoms with Crippen LogP contribution >= 0.6 is 11.6 Å². The van der Waals surface area contributed by atoms with Crippen LogP contribution in [-0.4, -0.2) is 77.1 Å². The summed E-state index contributed by atoms with van der Waals surface area (Å²) >= 11 is 6.63. The van der Waals surface area contributed by atoms with Gasteiger partial charge in [0.2, 0.25) is 0 Å². The Labute approximate surface area is 248 Å². The lowest BCUT2D eigenvalue weighted by Crippen LogP contribution is -2.63. The Morgan fingerprint density at radius 1 is 1.00 bits per heavy atom. The molecular formula is C30H45ClO10. The highest BCUT2D eigenvalue weighted by Gasteiger charge is 2.56. The quantitative estimate of drug-likeness (QED) is 0.113. The fourth-order valence-corrected chi connectivity index (χ4v) is 4.69. The van der Waals surface area contributed by atoms with E-state index in [0.717, 1.165) is 6.92 Å². The van der Waals surface area contributed by atoms with Gasteiger partial charge in [-0.15, -0.1) is 11.6 Å². The van der Waals surface area contributed by atoms with Crippen LogP contribution in [0.5, 0.6) is 0 Å². The molecule has 0 aromatic heterocycles. The summed E-state index contributed by atoms with van der Waals surface area (Å²) in [6, 6.07) is 0. The van der Waals surface area contributed by atoms with Crippen molar-refractivity contribution in [3.63, 3.8) is 0 Å². The van der Waals surface area contributed by atoms with E-state index in [9.17, 15) is 24.3 Å². The SMILES string of the molecule is C=C([C@H](C[C@H](OC(C)=O)C(C)(C)OC)OC(=O)/C(C)=C\C)[C@@H]1C[C@@H](Cl)[C@](C)(O)[C@H](OC(C)=O)[C@@H]1OC(=O)/C(C)=C\C. The Hall–Kier alpha value is -2.69. The number of methoxy groups -OCH3 is 1. The second kappa shape index (κ2) is 15.0. The molecule has 0 bridgehead atoms. The first-order valence-corrected chi connectivity index (χ1v) is 13.9. The van der Waals surface area contributed by atoms with E-state index >= 15 is 0 Å². The lowest BCUT2D eigenvalue weighted by atomic mass is 9.70. The van der Waals surface area contributed by atoms with Crippen molar-refractivity contribution in [2.45, 2.75) is 116 Å². The number of carbonyl (C=O) groups is 4. The smallest absolute Gasteiger partial charge is 0.333 e. The average molecular weight is 601 g/mol. The van der Waals surface area contributed by atoms with Gasteiger partial charge in [-0.2, -0.15) is 0 Å². The zero-order chi connectivity index (χ0) is 31.9. The molecule has 1 aliphatic rings. The van der Waals surface area contributed by atoms with Gasteiger partial charge in [0, 0.05) is 44.4 Å². The number of ether oxygens (including phenoxy) is 5. The van der Waals surface area contributed by atoms with Gasteiger partial charge in [-0.25, -0.2) is 9.59 Å². The highest BCUT2D eigenvalue weighted by atomic mass is 35.5. The monoisotopic (exact) mass is 600 g/mol. The second-order valence-corrected chi connectivity index (χ2v) is 11.5. The summed E-state index contributed by atoms with van der Waals surface area (Å²) in [5, 5.41) is 10.3. The molecular weight excluding hydrogens is 556 g/mol. The zero-order valence-electron chi connectivity index (χ0n) is 25.7. The third kappa shape index (κ3) is 9.41. The molecule has 0 radical (unpaired) electrons. The Balaban J connectivity index is 3.73. The van der Waals surface area contributed by atoms with Gasteiger partial charge in [-0.05, 0) is 60.5 Å². The Bertz CT molecular complexity index is 1060. The van der Waals surface area contributed by atoms with Crippen LogP contribution in [0.2, 0.25) is 0 Å². The van der Waals surface area contributed by atoms with Crippen molar-refractivity contribution in [1.82, 2.24) is 0 Å². The molecule has 232 valence electrons. The van der Waals surface area contributed by atoms with Gasteiger partial charge in [-0.3, -0.25) is 9.59 Å². The van der Waals surface area contributed by atoms with Gasteiger partial charge < -0.3 is 28.8 Å². The lowest BCUT2D eigenvalue weighted by molar-refractivity contribution is -0.203. The predicted molar refractivity (Wildman–Crippen MR) is 153 cm³/mol. The van der Waals surface area contributed by atoms with Crippen molar-refractivity contribution in [2.75, 3.05) is 7.11 Å². The lowest BCUT2D eigenvalue weighted by Gasteiger charge is -2.48. The van der Waals surface area contributed by atoms with E-state index in [4.69, 9.17) is 35.3 Å². The molecule has 0 heterocycles. The van der Waals surface area contributed by atoms with Crippen LogP contribution in [0, 0.1) is 5.92 Å². The molecule has 0 spiro atoms. The van der Waals surface area contributed by atoms with Crippen molar-refractivity contribution < 1.29 is 48.0 Å². The maximum Gasteiger partial charge on any atom is 0.333 e. The predicted octanol–water partition coefficient (Wildman–Crippen LogP) is 4.36. The molecule has 0 aliphatic heterocycles. The fourth-order valence-electron chi connectivity index (χ4n) is 4.38. The summed E-state index contributed by atoms with van der Waals surface area (Å²) in [6.07, 6.45) is -1.49. The highest BCUT2D eigenvalue weighted by molar-refractivity contribution is 6.21. The van der Waals surface area contributed by atoms with Crippen molar-refractivity contribution in [3.8, 4) is 0 Å². The van der Waals surface area contributed by atoms with Gasteiger partial charge in [0.25, 0.3) is 0 Å². The molecule has 0 amide bonds. The summed E-state index contributed by atoms with van der Waals surface area (Å²) in [5.74, 6) is -3.48. The number of alkyl halides is 1. The van der Waals surface area contributed by atoms with Crippen LogP contribution in [0.25, 0.3) is 0 Å². The Morgan fingerprint density at radius 2 is 1.54 bits per heavy atom. The molecule has 0 aromatic carbocycles. The van der Waals surface area contributed by atoms with Crippen LogP contribution in [0.15, 0.2) is 35.5 Å². The van der Waals surface area contributed by atoms with E-state index in [1.165, 1.54) is 21.0 Å². The highest BCUT2D eigenvalue weighted by Crippen LogP contribution is 2.44. The number of allylic oxidation sites excluding steroid dienone is 2. The Kier molecular flexibility index (Phi) is 13.3. The molecule has 1 N–H and O–H groups in total. The molecule has 41 heavy (non-hydrogen) atoms. The molecule has 7 atom stereocenters. The van der Waals surface area contributed by atoms with Crippen LogP contribution in [0.1, 0.15) is 75.2 Å². The number of esters is 4. The number of halogens is 1. The minimum Gasteiger partial charge on any atom is -0.459 e. The molecule has 10 nitrogen and oxygen atoms in total. The van der Waals surface area contributed by atoms with Crippen LogP contribution in [0.4, 0.5) is 0 Å². The maximum atomic E-state index is 13.0. The van der Waals surface area contributed by atoms with Crippen molar-refractivity contribution in [3.05, 3.63) is 35.5 Å². The number of aliphatic hydroxyl groups is 1. The molecule has 11 heteroatoms. The van der Waals surface area contributed by atoms with E-state index in [1.54, 1.807) is 53.7 Å². The first kappa shape index (κ1) is 36.3. The van der Waals surface area contributed by atoms with Crippen molar-refractivity contribution >= 4 is 35.5 Å². The summed E-state index contributed by atoms with van der Waals surface area (Å²) in [6.45, 7) is 17.9. The Morgan fingerprint density at radius 3 is 2.00 bits per heavy atom. The number of hydrogen-bond donors (Lipinski definition) is 1. The van der Waals surface area contributed by atoms with Crippen LogP contribution in [0.3, 0.4) is 0 Å². The van der Waals surface area contributed by atoms with Crippen LogP contribution < -0.4 is 0 Å². The number of hydrogen-bond acceptors (Lipinski definition) is 10. The van der Waals surface area contributed by atoms with Gasteiger partial charge in [0.1, 0.15) is 23.9 Å². The first-order valence-electron chi connectivity index (χ1n) is 13.5. The second-order valence-electron chi connectivity index (χ2n) is 11.0. The van der Waals surface area contributed by atoms with Crippen LogP contribution in [-0.2, 0) is 42.9 Å². The maximum absolute atomic E-state index is 13.0. The summed E-state index contributed by atoms with van der Waals surface area (Å²) in [7, 11) is 1.46. The molecule has 1 rings (SSSR count). The largest absolute Gasteiger partial charge is 0.459 e. The van der Waals surface area contributed by atoms with Crippen molar-refractivity contribution in [2.24, 2.45) is 5.92 Å². The third-order valence-electron chi connectivity index (χ3n) is 7.59. The third-order valence-corrected chi connectivity index (χ3v) is 8.21. The number of carbonyl (C=O) groups excluding carboxylic acids is 4. The van der Waals surface area contributed by atoms with Gasteiger partial charge in [0.05, 0.1) is 11.0 Å². The van der Waals surface area contributed by atoms with E-state index in [0.29, 0.717) is 5.57 Å². The molecule has 1 fully saturated rings. The number of rotatable bonds is 12. The molecule has 1 saturated carbocycles. The van der Waals surface area contributed by atoms with Crippen molar-refractivity contribution in [1.29, 1.82) is 0 Å². The van der Waals surface area contributed by atoms with Gasteiger partial charge in [0.15, 0.2) is 6.10 Å². The normalized spacial score (nSPS) is 26.8. The van der Waals surface area contributed by atoms with E-state index in [1.807, 2.05) is 0 Å². The topological polar surface area (TPSA) is 135 Å². The average Bonchev–Trinajstić information content (AvgIpc) is 2.89. The minimum absolute atomic E-state index is 0.0283. The van der Waals surface area contributed by atoms with E-state index < -0.39 is 70.8 Å². The molecule has 0 saturated heterocycles. The molecule has 0 unspecified atom stereocenters. The van der Waals surface area contributed by atoms with Gasteiger partial charge in [-0.1, -0.05) is 18.7 Å². The summed E-state index contributed by atoms with van der Waals surface area (Å²) in [5.41, 5.74) is -1.91. The summed E-state index contributed by atoms with van der Waals surface area (Å²) in [4.78, 5) is 50.0. The van der Waals surface area contributed by atoms with Gasteiger partial charge >= 0.3 is 23.9 Å². The molecule has 0 aromatic rings.